The van der Waals surface area contributed by atoms with Gasteiger partial charge in [0.15, 0.2) is 0 Å². The van der Waals surface area contributed by atoms with Crippen LogP contribution in [0.1, 0.15) is 29.7 Å². The van der Waals surface area contributed by atoms with E-state index in [-0.39, 0.29) is 17.3 Å². The molecule has 22 heavy (non-hydrogen) atoms. The molecule has 0 bridgehead atoms. The van der Waals surface area contributed by atoms with Crippen LogP contribution in [0.3, 0.4) is 0 Å². The molecule has 2 rings (SSSR count). The zero-order valence-corrected chi connectivity index (χ0v) is 11.2. The van der Waals surface area contributed by atoms with Gasteiger partial charge < -0.3 is 5.73 Å². The first-order valence-electron chi connectivity index (χ1n) is 6.08. The van der Waals surface area contributed by atoms with Crippen molar-refractivity contribution < 1.29 is 26.3 Å². The Morgan fingerprint density at radius 3 is 2.18 bits per heavy atom. The van der Waals surface area contributed by atoms with Crippen molar-refractivity contribution in [2.75, 3.05) is 5.73 Å². The fourth-order valence-electron chi connectivity index (χ4n) is 2.05. The van der Waals surface area contributed by atoms with Crippen LogP contribution in [-0.2, 0) is 12.4 Å². The van der Waals surface area contributed by atoms with E-state index in [0.29, 0.717) is 6.07 Å². The molecule has 0 spiro atoms. The van der Waals surface area contributed by atoms with Gasteiger partial charge in [0.1, 0.15) is 0 Å². The molecule has 1 heterocycles. The van der Waals surface area contributed by atoms with Crippen molar-refractivity contribution in [3.05, 3.63) is 47.3 Å². The number of nitrogens with zero attached hydrogens (tertiary/aromatic N) is 2. The minimum absolute atomic E-state index is 0.110. The zero-order chi connectivity index (χ0) is 16.7. The third-order valence-corrected chi connectivity index (χ3v) is 3.15. The Bertz CT molecular complexity index is 671. The molecular weight excluding hydrogens is 312 g/mol. The van der Waals surface area contributed by atoms with E-state index in [1.54, 1.807) is 0 Å². The fourth-order valence-corrected chi connectivity index (χ4v) is 2.05. The summed E-state index contributed by atoms with van der Waals surface area (Å²) in [5.41, 5.74) is 2.68. The van der Waals surface area contributed by atoms with Crippen molar-refractivity contribution in [1.29, 1.82) is 0 Å². The molecule has 1 unspecified atom stereocenters. The number of hydrogen-bond donors (Lipinski definition) is 1. The third kappa shape index (κ3) is 3.18. The van der Waals surface area contributed by atoms with Crippen molar-refractivity contribution in [1.82, 2.24) is 9.78 Å². The van der Waals surface area contributed by atoms with Gasteiger partial charge in [0.05, 0.1) is 29.1 Å². The Hall–Kier alpha value is -2.19. The number of halogens is 6. The highest BCUT2D eigenvalue weighted by Crippen LogP contribution is 2.39. The van der Waals surface area contributed by atoms with Crippen LogP contribution in [0, 0.1) is 0 Å². The van der Waals surface area contributed by atoms with Crippen LogP contribution in [-0.4, -0.2) is 9.78 Å². The Kier molecular flexibility index (Phi) is 3.84. The van der Waals surface area contributed by atoms with E-state index in [1.807, 2.05) is 0 Å². The van der Waals surface area contributed by atoms with E-state index in [9.17, 15) is 26.3 Å². The molecule has 1 aromatic heterocycles. The van der Waals surface area contributed by atoms with Crippen molar-refractivity contribution in [2.45, 2.75) is 25.3 Å². The highest BCUT2D eigenvalue weighted by Gasteiger charge is 2.39. The summed E-state index contributed by atoms with van der Waals surface area (Å²) in [6.45, 7) is 1.39. The first kappa shape index (κ1) is 16.2. The maximum atomic E-state index is 13.1. The largest absolute Gasteiger partial charge is 0.416 e. The highest BCUT2D eigenvalue weighted by atomic mass is 19.4. The number of nitrogens with two attached hydrogens (primary N) is 1. The average Bonchev–Trinajstić information content (AvgIpc) is 2.82. The van der Waals surface area contributed by atoms with Crippen LogP contribution in [0.15, 0.2) is 30.6 Å². The van der Waals surface area contributed by atoms with E-state index >= 15 is 0 Å². The van der Waals surface area contributed by atoms with Crippen LogP contribution in [0.2, 0.25) is 0 Å². The third-order valence-electron chi connectivity index (χ3n) is 3.15. The summed E-state index contributed by atoms with van der Waals surface area (Å²) in [6, 6.07) is 0.622. The van der Waals surface area contributed by atoms with E-state index in [0.717, 1.165) is 10.7 Å². The van der Waals surface area contributed by atoms with Gasteiger partial charge in [-0.3, -0.25) is 4.68 Å². The Balaban J connectivity index is 2.56. The van der Waals surface area contributed by atoms with E-state index < -0.39 is 29.5 Å². The number of alkyl halides is 6. The molecule has 1 aromatic carbocycles. The van der Waals surface area contributed by atoms with Crippen molar-refractivity contribution in [3.8, 4) is 0 Å². The Labute approximate surface area is 121 Å². The second kappa shape index (κ2) is 5.22. The standard InChI is InChI=1S/C13H11F6N3/c1-7(22-6-9(20)5-21-22)10-3-2-8(12(14,15)16)4-11(10)13(17,18)19/h2-7H,20H2,1H3. The van der Waals surface area contributed by atoms with Crippen LogP contribution < -0.4 is 5.73 Å². The lowest BCUT2D eigenvalue weighted by Gasteiger charge is -2.20. The number of hydrogen-bond acceptors (Lipinski definition) is 2. The molecule has 0 aliphatic heterocycles. The van der Waals surface area contributed by atoms with Crippen LogP contribution in [0.4, 0.5) is 32.0 Å². The van der Waals surface area contributed by atoms with Crippen molar-refractivity contribution in [3.63, 3.8) is 0 Å². The number of benzene rings is 1. The number of anilines is 1. The predicted octanol–water partition coefficient (Wildman–Crippen LogP) is 4.11. The maximum Gasteiger partial charge on any atom is 0.416 e. The molecule has 0 aliphatic rings. The second-order valence-corrected chi connectivity index (χ2v) is 4.73. The maximum absolute atomic E-state index is 13.1. The number of nitrogen functional groups attached to an aromatic ring is 1. The Morgan fingerprint density at radius 1 is 1.09 bits per heavy atom. The van der Waals surface area contributed by atoms with E-state index in [1.165, 1.54) is 19.3 Å². The summed E-state index contributed by atoms with van der Waals surface area (Å²) in [4.78, 5) is 0. The topological polar surface area (TPSA) is 43.8 Å². The van der Waals surface area contributed by atoms with Gasteiger partial charge in [0.2, 0.25) is 0 Å². The molecule has 1 atom stereocenters. The van der Waals surface area contributed by atoms with Gasteiger partial charge in [-0.1, -0.05) is 6.07 Å². The smallest absolute Gasteiger partial charge is 0.396 e. The SMILES string of the molecule is CC(c1ccc(C(F)(F)F)cc1C(F)(F)F)n1cc(N)cn1. The van der Waals surface area contributed by atoms with E-state index in [2.05, 4.69) is 5.10 Å². The van der Waals surface area contributed by atoms with Crippen molar-refractivity contribution in [2.24, 2.45) is 0 Å². The van der Waals surface area contributed by atoms with Gasteiger partial charge >= 0.3 is 12.4 Å². The molecule has 0 fully saturated rings. The van der Waals surface area contributed by atoms with Crippen LogP contribution in [0.5, 0.6) is 0 Å². The zero-order valence-electron chi connectivity index (χ0n) is 11.2. The summed E-state index contributed by atoms with van der Waals surface area (Å²) < 4.78 is 78.2. The molecule has 0 saturated carbocycles. The summed E-state index contributed by atoms with van der Waals surface area (Å²) in [6.07, 6.45) is -7.21. The molecule has 0 saturated heterocycles. The van der Waals surface area contributed by atoms with E-state index in [4.69, 9.17) is 5.73 Å². The lowest BCUT2D eigenvalue weighted by molar-refractivity contribution is -0.143. The molecule has 9 heteroatoms. The molecule has 0 radical (unpaired) electrons. The van der Waals surface area contributed by atoms with Gasteiger partial charge in [-0.25, -0.2) is 0 Å². The normalized spacial score (nSPS) is 14.1. The fraction of sp³-hybridized carbons (Fsp3) is 0.308. The van der Waals surface area contributed by atoms with Gasteiger partial charge in [-0.15, -0.1) is 0 Å². The van der Waals surface area contributed by atoms with Gasteiger partial charge in [-0.05, 0) is 24.6 Å². The van der Waals surface area contributed by atoms with Gasteiger partial charge in [0.25, 0.3) is 0 Å². The lowest BCUT2D eigenvalue weighted by atomic mass is 9.98. The lowest BCUT2D eigenvalue weighted by Crippen LogP contribution is -2.17. The quantitative estimate of drug-likeness (QED) is 0.845. The molecule has 3 nitrogen and oxygen atoms in total. The molecule has 0 aliphatic carbocycles. The molecule has 120 valence electrons. The summed E-state index contributed by atoms with van der Waals surface area (Å²) in [7, 11) is 0. The van der Waals surface area contributed by atoms with Crippen LogP contribution in [0.25, 0.3) is 0 Å². The molecule has 0 amide bonds. The highest BCUT2D eigenvalue weighted by molar-refractivity contribution is 5.38. The summed E-state index contributed by atoms with van der Waals surface area (Å²) in [5, 5.41) is 3.79. The van der Waals surface area contributed by atoms with Gasteiger partial charge in [0, 0.05) is 6.20 Å². The molecule has 2 aromatic rings. The van der Waals surface area contributed by atoms with Crippen LogP contribution >= 0.6 is 0 Å². The average molecular weight is 323 g/mol. The summed E-state index contributed by atoms with van der Waals surface area (Å²) in [5.74, 6) is 0. The monoisotopic (exact) mass is 323 g/mol. The van der Waals surface area contributed by atoms with Crippen molar-refractivity contribution >= 4 is 5.69 Å². The number of rotatable bonds is 2. The first-order chi connectivity index (χ1) is 10.00. The second-order valence-electron chi connectivity index (χ2n) is 4.73. The minimum atomic E-state index is -4.91. The number of aromatic nitrogens is 2. The predicted molar refractivity (Wildman–Crippen MR) is 66.9 cm³/mol. The van der Waals surface area contributed by atoms with Gasteiger partial charge in [-0.2, -0.15) is 31.4 Å². The molecular formula is C13H11F6N3. The molecule has 2 N–H and O–H groups in total. The Morgan fingerprint density at radius 2 is 1.73 bits per heavy atom. The first-order valence-corrected chi connectivity index (χ1v) is 6.08. The minimum Gasteiger partial charge on any atom is -0.396 e. The summed E-state index contributed by atoms with van der Waals surface area (Å²) >= 11 is 0.